The van der Waals surface area contributed by atoms with Crippen LogP contribution in [0.15, 0.2) is 12.2 Å². The summed E-state index contributed by atoms with van der Waals surface area (Å²) >= 11 is 0. The average molecular weight is 268 g/mol. The van der Waals surface area contributed by atoms with E-state index in [2.05, 4.69) is 26.0 Å². The Morgan fingerprint density at radius 2 is 1.58 bits per heavy atom. The molecule has 2 heteroatoms. The zero-order valence-corrected chi connectivity index (χ0v) is 12.9. The Morgan fingerprint density at radius 1 is 1.00 bits per heavy atom. The molecule has 1 unspecified atom stereocenters. The van der Waals surface area contributed by atoms with Crippen LogP contribution in [0, 0.1) is 5.92 Å². The molecule has 0 aromatic carbocycles. The van der Waals surface area contributed by atoms with Crippen LogP contribution in [-0.2, 0) is 4.79 Å². The van der Waals surface area contributed by atoms with Crippen LogP contribution in [0.5, 0.6) is 0 Å². The van der Waals surface area contributed by atoms with Crippen molar-refractivity contribution in [1.82, 2.24) is 0 Å². The molecule has 0 aliphatic heterocycles. The van der Waals surface area contributed by atoms with Crippen LogP contribution in [-0.4, -0.2) is 11.1 Å². The quantitative estimate of drug-likeness (QED) is 0.350. The summed E-state index contributed by atoms with van der Waals surface area (Å²) in [5.74, 6) is 0.215. The molecule has 0 fully saturated rings. The monoisotopic (exact) mass is 268 g/mol. The molecule has 0 amide bonds. The van der Waals surface area contributed by atoms with E-state index in [0.717, 1.165) is 31.6 Å². The third-order valence-corrected chi connectivity index (χ3v) is 3.69. The van der Waals surface area contributed by atoms with Crippen LogP contribution in [0.3, 0.4) is 0 Å². The van der Waals surface area contributed by atoms with Crippen LogP contribution in [0.2, 0.25) is 0 Å². The number of hydrogen-bond donors (Lipinski definition) is 1. The van der Waals surface area contributed by atoms with Gasteiger partial charge in [0.2, 0.25) is 0 Å². The maximum absolute atomic E-state index is 10.3. The van der Waals surface area contributed by atoms with Gasteiger partial charge in [-0.2, -0.15) is 0 Å². The summed E-state index contributed by atoms with van der Waals surface area (Å²) in [5, 5.41) is 8.50. The van der Waals surface area contributed by atoms with E-state index in [1.54, 1.807) is 0 Å². The number of rotatable bonds is 13. The zero-order valence-electron chi connectivity index (χ0n) is 12.9. The summed E-state index contributed by atoms with van der Waals surface area (Å²) in [6.07, 6.45) is 16.9. The first-order valence-electron chi connectivity index (χ1n) is 8.03. The number of carbonyl (C=O) groups is 1. The van der Waals surface area contributed by atoms with Gasteiger partial charge in [0.15, 0.2) is 0 Å². The van der Waals surface area contributed by atoms with E-state index >= 15 is 0 Å². The first-order valence-corrected chi connectivity index (χ1v) is 8.03. The number of hydrogen-bond acceptors (Lipinski definition) is 1. The van der Waals surface area contributed by atoms with Gasteiger partial charge in [0.25, 0.3) is 0 Å². The lowest BCUT2D eigenvalue weighted by Gasteiger charge is -2.06. The molecule has 0 aliphatic carbocycles. The molecule has 0 radical (unpaired) electrons. The van der Waals surface area contributed by atoms with Gasteiger partial charge in [0, 0.05) is 6.42 Å². The van der Waals surface area contributed by atoms with E-state index in [9.17, 15) is 4.79 Å². The highest BCUT2D eigenvalue weighted by Gasteiger charge is 1.97. The van der Waals surface area contributed by atoms with E-state index in [1.165, 1.54) is 38.5 Å². The summed E-state index contributed by atoms with van der Waals surface area (Å²) in [5.41, 5.74) is 0. The standard InChI is InChI=1S/C17H32O2/c1-3-16(2)14-12-10-8-6-4-5-7-9-11-13-15-17(18)19/h4,6,16H,3,5,7-15H2,1-2H3,(H,18,19)/b6-4-. The summed E-state index contributed by atoms with van der Waals surface area (Å²) in [7, 11) is 0. The molecule has 1 N–H and O–H groups in total. The number of unbranched alkanes of at least 4 members (excludes halogenated alkanes) is 6. The van der Waals surface area contributed by atoms with Crippen molar-refractivity contribution in [3.8, 4) is 0 Å². The van der Waals surface area contributed by atoms with Crippen molar-refractivity contribution in [2.45, 2.75) is 84.5 Å². The minimum atomic E-state index is -0.669. The maximum Gasteiger partial charge on any atom is 0.303 e. The second-order valence-electron chi connectivity index (χ2n) is 5.62. The van der Waals surface area contributed by atoms with E-state index in [0.29, 0.717) is 6.42 Å². The Morgan fingerprint density at radius 3 is 2.16 bits per heavy atom. The molecular weight excluding hydrogens is 236 g/mol. The second kappa shape index (κ2) is 13.6. The summed E-state index contributed by atoms with van der Waals surface area (Å²) in [6, 6.07) is 0. The fourth-order valence-corrected chi connectivity index (χ4v) is 2.09. The number of allylic oxidation sites excluding steroid dienone is 2. The Bertz CT molecular complexity index is 233. The topological polar surface area (TPSA) is 37.3 Å². The molecule has 112 valence electrons. The molecule has 0 rings (SSSR count). The normalized spacial score (nSPS) is 12.9. The lowest BCUT2D eigenvalue weighted by atomic mass is 10.0. The van der Waals surface area contributed by atoms with Crippen LogP contribution in [0.4, 0.5) is 0 Å². The van der Waals surface area contributed by atoms with Gasteiger partial charge in [-0.25, -0.2) is 0 Å². The molecule has 0 spiro atoms. The van der Waals surface area contributed by atoms with Crippen LogP contribution in [0.25, 0.3) is 0 Å². The van der Waals surface area contributed by atoms with E-state index in [-0.39, 0.29) is 0 Å². The first-order chi connectivity index (χ1) is 9.16. The van der Waals surface area contributed by atoms with E-state index < -0.39 is 5.97 Å². The molecule has 0 aromatic rings. The van der Waals surface area contributed by atoms with E-state index in [1.807, 2.05) is 0 Å². The molecule has 0 bridgehead atoms. The molecule has 2 nitrogen and oxygen atoms in total. The predicted molar refractivity (Wildman–Crippen MR) is 82.4 cm³/mol. The molecular formula is C17H32O2. The van der Waals surface area contributed by atoms with Crippen molar-refractivity contribution in [1.29, 1.82) is 0 Å². The third-order valence-electron chi connectivity index (χ3n) is 3.69. The van der Waals surface area contributed by atoms with Crippen molar-refractivity contribution in [2.75, 3.05) is 0 Å². The van der Waals surface area contributed by atoms with Crippen LogP contribution < -0.4 is 0 Å². The van der Waals surface area contributed by atoms with E-state index in [4.69, 9.17) is 5.11 Å². The third kappa shape index (κ3) is 15.2. The summed E-state index contributed by atoms with van der Waals surface area (Å²) in [6.45, 7) is 4.60. The van der Waals surface area contributed by atoms with Crippen LogP contribution in [0.1, 0.15) is 84.5 Å². The minimum Gasteiger partial charge on any atom is -0.481 e. The van der Waals surface area contributed by atoms with Crippen LogP contribution >= 0.6 is 0 Å². The number of aliphatic carboxylic acids is 1. The predicted octanol–water partition coefficient (Wildman–Crippen LogP) is 5.57. The molecule has 1 atom stereocenters. The fraction of sp³-hybridized carbons (Fsp3) is 0.824. The lowest BCUT2D eigenvalue weighted by Crippen LogP contribution is -1.93. The molecule has 0 aromatic heterocycles. The SMILES string of the molecule is CCC(C)CCCC/C=C\CCCCCCC(=O)O. The molecule has 0 saturated heterocycles. The second-order valence-corrected chi connectivity index (χ2v) is 5.62. The largest absolute Gasteiger partial charge is 0.481 e. The molecule has 0 aliphatic rings. The van der Waals surface area contributed by atoms with Gasteiger partial charge < -0.3 is 5.11 Å². The fourth-order valence-electron chi connectivity index (χ4n) is 2.09. The van der Waals surface area contributed by atoms with Crippen molar-refractivity contribution in [3.05, 3.63) is 12.2 Å². The molecule has 0 saturated carbocycles. The van der Waals surface area contributed by atoms with Gasteiger partial charge in [-0.05, 0) is 38.0 Å². The van der Waals surface area contributed by atoms with Gasteiger partial charge in [0.05, 0.1) is 0 Å². The Labute approximate surface area is 119 Å². The first kappa shape index (κ1) is 18.2. The van der Waals surface area contributed by atoms with Gasteiger partial charge in [-0.1, -0.05) is 58.1 Å². The Hall–Kier alpha value is -0.790. The highest BCUT2D eigenvalue weighted by molar-refractivity contribution is 5.66. The zero-order chi connectivity index (χ0) is 14.3. The van der Waals surface area contributed by atoms with Gasteiger partial charge >= 0.3 is 5.97 Å². The van der Waals surface area contributed by atoms with Crippen molar-refractivity contribution in [2.24, 2.45) is 5.92 Å². The van der Waals surface area contributed by atoms with Gasteiger partial charge in [-0.3, -0.25) is 4.79 Å². The summed E-state index contributed by atoms with van der Waals surface area (Å²) in [4.78, 5) is 10.3. The highest BCUT2D eigenvalue weighted by Crippen LogP contribution is 2.12. The van der Waals surface area contributed by atoms with Crippen molar-refractivity contribution >= 4 is 5.97 Å². The molecule has 19 heavy (non-hydrogen) atoms. The maximum atomic E-state index is 10.3. The number of carboxylic acids is 1. The highest BCUT2D eigenvalue weighted by atomic mass is 16.4. The summed E-state index contributed by atoms with van der Waals surface area (Å²) < 4.78 is 0. The Kier molecular flexibility index (Phi) is 13.1. The van der Waals surface area contributed by atoms with Gasteiger partial charge in [-0.15, -0.1) is 0 Å². The van der Waals surface area contributed by atoms with Crippen molar-refractivity contribution in [3.63, 3.8) is 0 Å². The Balaban J connectivity index is 3.15. The number of carboxylic acid groups (broad SMARTS) is 1. The lowest BCUT2D eigenvalue weighted by molar-refractivity contribution is -0.137. The van der Waals surface area contributed by atoms with Crippen molar-refractivity contribution < 1.29 is 9.90 Å². The molecule has 0 heterocycles. The average Bonchev–Trinajstić information content (AvgIpc) is 2.39. The minimum absolute atomic E-state index is 0.325. The smallest absolute Gasteiger partial charge is 0.303 e. The van der Waals surface area contributed by atoms with Gasteiger partial charge in [0.1, 0.15) is 0 Å².